The molecule has 0 unspecified atom stereocenters. The predicted molar refractivity (Wildman–Crippen MR) is 73.8 cm³/mol. The van der Waals surface area contributed by atoms with Gasteiger partial charge in [-0.3, -0.25) is 4.79 Å². The van der Waals surface area contributed by atoms with Gasteiger partial charge in [0.25, 0.3) is 5.19 Å². The van der Waals surface area contributed by atoms with Gasteiger partial charge in [0, 0.05) is 17.5 Å². The smallest absolute Gasteiger partial charge is 0.278 e. The van der Waals surface area contributed by atoms with Crippen molar-refractivity contribution in [3.63, 3.8) is 0 Å². The second kappa shape index (κ2) is 5.71. The standard InChI is InChI=1S/C13H14N2O3S/c1-8(2)12(17)15-11-9(16)4-3-5-10(11)18-13-14-6-7-19-13/h3-8,16H,1-2H3,(H,15,17). The zero-order valence-electron chi connectivity index (χ0n) is 10.6. The number of para-hydroxylation sites is 1. The lowest BCUT2D eigenvalue weighted by atomic mass is 10.2. The van der Waals surface area contributed by atoms with Gasteiger partial charge in [0.1, 0.15) is 11.4 Å². The fraction of sp³-hybridized carbons (Fsp3) is 0.231. The summed E-state index contributed by atoms with van der Waals surface area (Å²) >= 11 is 1.33. The highest BCUT2D eigenvalue weighted by molar-refractivity contribution is 7.11. The number of thiazole rings is 1. The minimum Gasteiger partial charge on any atom is -0.506 e. The van der Waals surface area contributed by atoms with Gasteiger partial charge in [-0.15, -0.1) is 0 Å². The van der Waals surface area contributed by atoms with Gasteiger partial charge in [-0.25, -0.2) is 4.98 Å². The molecule has 6 heteroatoms. The largest absolute Gasteiger partial charge is 0.506 e. The summed E-state index contributed by atoms with van der Waals surface area (Å²) in [5, 5.41) is 14.7. The average molecular weight is 278 g/mol. The van der Waals surface area contributed by atoms with Gasteiger partial charge in [0.05, 0.1) is 0 Å². The van der Waals surface area contributed by atoms with Gasteiger partial charge >= 0.3 is 0 Å². The van der Waals surface area contributed by atoms with E-state index in [2.05, 4.69) is 10.3 Å². The van der Waals surface area contributed by atoms with Gasteiger partial charge in [0.15, 0.2) is 5.75 Å². The molecule has 2 rings (SSSR count). The Morgan fingerprint density at radius 2 is 2.26 bits per heavy atom. The molecule has 0 spiro atoms. The number of benzene rings is 1. The first-order chi connectivity index (χ1) is 9.08. The lowest BCUT2D eigenvalue weighted by Crippen LogP contribution is -2.18. The van der Waals surface area contributed by atoms with Gasteiger partial charge < -0.3 is 15.2 Å². The molecule has 1 heterocycles. The summed E-state index contributed by atoms with van der Waals surface area (Å²) in [6.07, 6.45) is 1.62. The lowest BCUT2D eigenvalue weighted by molar-refractivity contribution is -0.118. The molecule has 100 valence electrons. The van der Waals surface area contributed by atoms with E-state index in [1.165, 1.54) is 17.4 Å². The van der Waals surface area contributed by atoms with Crippen LogP contribution in [0.5, 0.6) is 16.7 Å². The minimum absolute atomic E-state index is 0.0388. The molecule has 1 aromatic carbocycles. The molecule has 0 saturated heterocycles. The van der Waals surface area contributed by atoms with E-state index in [4.69, 9.17) is 4.74 Å². The second-order valence-corrected chi connectivity index (χ2v) is 5.05. The highest BCUT2D eigenvalue weighted by atomic mass is 32.1. The quantitative estimate of drug-likeness (QED) is 0.842. The fourth-order valence-electron chi connectivity index (χ4n) is 1.35. The number of aromatic hydroxyl groups is 1. The van der Waals surface area contributed by atoms with Crippen LogP contribution in [0.15, 0.2) is 29.8 Å². The third kappa shape index (κ3) is 3.23. The molecular formula is C13H14N2O3S. The Kier molecular flexibility index (Phi) is 4.01. The van der Waals surface area contributed by atoms with Crippen LogP contribution in [0, 0.1) is 5.92 Å². The van der Waals surface area contributed by atoms with E-state index in [0.717, 1.165) is 0 Å². The van der Waals surface area contributed by atoms with Crippen molar-refractivity contribution >= 4 is 22.9 Å². The Labute approximate surface area is 114 Å². The summed E-state index contributed by atoms with van der Waals surface area (Å²) in [4.78, 5) is 15.7. The maximum atomic E-state index is 11.7. The maximum absolute atomic E-state index is 11.7. The number of aromatic nitrogens is 1. The third-order valence-corrected chi connectivity index (χ3v) is 3.03. The van der Waals surface area contributed by atoms with Crippen molar-refractivity contribution in [2.75, 3.05) is 5.32 Å². The summed E-state index contributed by atoms with van der Waals surface area (Å²) in [5.41, 5.74) is 0.261. The number of carbonyl (C=O) groups excluding carboxylic acids is 1. The third-order valence-electron chi connectivity index (χ3n) is 2.38. The van der Waals surface area contributed by atoms with E-state index in [-0.39, 0.29) is 23.3 Å². The highest BCUT2D eigenvalue weighted by Crippen LogP contribution is 2.37. The van der Waals surface area contributed by atoms with Gasteiger partial charge in [-0.1, -0.05) is 31.3 Å². The van der Waals surface area contributed by atoms with Gasteiger partial charge in [0.2, 0.25) is 5.91 Å². The molecule has 2 aromatic rings. The predicted octanol–water partition coefficient (Wildman–Crippen LogP) is 3.24. The minimum atomic E-state index is -0.189. The molecule has 2 N–H and O–H groups in total. The van der Waals surface area contributed by atoms with Crippen LogP contribution < -0.4 is 10.1 Å². The number of nitrogens with zero attached hydrogens (tertiary/aromatic N) is 1. The molecule has 0 aliphatic heterocycles. The lowest BCUT2D eigenvalue weighted by Gasteiger charge is -2.13. The number of hydrogen-bond acceptors (Lipinski definition) is 5. The molecule has 0 atom stereocenters. The second-order valence-electron chi connectivity index (χ2n) is 4.19. The normalized spacial score (nSPS) is 10.5. The first-order valence-corrected chi connectivity index (χ1v) is 6.66. The Hall–Kier alpha value is -2.08. The molecule has 0 fully saturated rings. The number of carbonyl (C=O) groups is 1. The number of phenolic OH excluding ortho intramolecular Hbond substituents is 1. The molecule has 0 aliphatic carbocycles. The number of nitrogens with one attached hydrogen (secondary N) is 1. The van der Waals surface area contributed by atoms with E-state index in [1.807, 2.05) is 0 Å². The number of hydrogen-bond donors (Lipinski definition) is 2. The number of anilines is 1. The van der Waals surface area contributed by atoms with Gasteiger partial charge in [-0.2, -0.15) is 0 Å². The Morgan fingerprint density at radius 1 is 1.47 bits per heavy atom. The topological polar surface area (TPSA) is 71.5 Å². The summed E-state index contributed by atoms with van der Waals surface area (Å²) in [5.74, 6) is -0.0511. The number of ether oxygens (including phenoxy) is 1. The number of phenols is 1. The molecule has 1 aromatic heterocycles. The SMILES string of the molecule is CC(C)C(=O)Nc1c(O)cccc1Oc1nccs1. The Balaban J connectivity index is 2.28. The zero-order valence-corrected chi connectivity index (χ0v) is 11.4. The van der Waals surface area contributed by atoms with E-state index in [9.17, 15) is 9.90 Å². The molecule has 0 bridgehead atoms. The van der Waals surface area contributed by atoms with Crippen LogP contribution in [0.25, 0.3) is 0 Å². The monoisotopic (exact) mass is 278 g/mol. The van der Waals surface area contributed by atoms with Crippen LogP contribution in [-0.4, -0.2) is 16.0 Å². The first-order valence-electron chi connectivity index (χ1n) is 5.78. The van der Waals surface area contributed by atoms with Crippen LogP contribution in [-0.2, 0) is 4.79 Å². The van der Waals surface area contributed by atoms with Crippen LogP contribution in [0.2, 0.25) is 0 Å². The summed E-state index contributed by atoms with van der Waals surface area (Å²) < 4.78 is 5.54. The Bertz CT molecular complexity index is 567. The summed E-state index contributed by atoms with van der Waals surface area (Å²) in [7, 11) is 0. The van der Waals surface area contributed by atoms with Crippen LogP contribution >= 0.6 is 11.3 Å². The molecule has 0 radical (unpaired) electrons. The zero-order chi connectivity index (χ0) is 13.8. The van der Waals surface area contributed by atoms with E-state index >= 15 is 0 Å². The fourth-order valence-corrected chi connectivity index (χ4v) is 1.85. The van der Waals surface area contributed by atoms with Crippen molar-refractivity contribution in [2.24, 2.45) is 5.92 Å². The molecule has 1 amide bonds. The molecule has 0 aliphatic rings. The van der Waals surface area contributed by atoms with Crippen molar-refractivity contribution in [1.82, 2.24) is 4.98 Å². The molecule has 5 nitrogen and oxygen atoms in total. The van der Waals surface area contributed by atoms with Crippen LogP contribution in [0.3, 0.4) is 0 Å². The van der Waals surface area contributed by atoms with Crippen LogP contribution in [0.1, 0.15) is 13.8 Å². The van der Waals surface area contributed by atoms with Crippen molar-refractivity contribution in [2.45, 2.75) is 13.8 Å². The van der Waals surface area contributed by atoms with Crippen molar-refractivity contribution in [3.8, 4) is 16.7 Å². The van der Waals surface area contributed by atoms with E-state index in [1.54, 1.807) is 37.6 Å². The van der Waals surface area contributed by atoms with Crippen molar-refractivity contribution in [1.29, 1.82) is 0 Å². The molecule has 19 heavy (non-hydrogen) atoms. The number of amides is 1. The maximum Gasteiger partial charge on any atom is 0.278 e. The summed E-state index contributed by atoms with van der Waals surface area (Å²) in [6.45, 7) is 3.55. The first kappa shape index (κ1) is 13.4. The Morgan fingerprint density at radius 3 is 2.89 bits per heavy atom. The van der Waals surface area contributed by atoms with Crippen molar-refractivity contribution in [3.05, 3.63) is 29.8 Å². The molecule has 0 saturated carbocycles. The molecular weight excluding hydrogens is 264 g/mol. The summed E-state index contributed by atoms with van der Waals surface area (Å²) in [6, 6.07) is 4.80. The highest BCUT2D eigenvalue weighted by Gasteiger charge is 2.15. The average Bonchev–Trinajstić information content (AvgIpc) is 2.86. The van der Waals surface area contributed by atoms with E-state index < -0.39 is 0 Å². The van der Waals surface area contributed by atoms with Crippen molar-refractivity contribution < 1.29 is 14.6 Å². The van der Waals surface area contributed by atoms with E-state index in [0.29, 0.717) is 10.9 Å². The van der Waals surface area contributed by atoms with Gasteiger partial charge in [-0.05, 0) is 12.1 Å². The van der Waals surface area contributed by atoms with Crippen LogP contribution in [0.4, 0.5) is 5.69 Å². The number of rotatable bonds is 4.